The highest BCUT2D eigenvalue weighted by atomic mass is 16.5. The second kappa shape index (κ2) is 5.22. The quantitative estimate of drug-likeness (QED) is 0.541. The van der Waals surface area contributed by atoms with Gasteiger partial charge in [0.15, 0.2) is 0 Å². The third kappa shape index (κ3) is 2.73. The molecule has 0 heterocycles. The van der Waals surface area contributed by atoms with Gasteiger partial charge in [-0.1, -0.05) is 24.3 Å². The molecular formula is C12H14O2. The standard InChI is InChI=1S/C12H14O2/c1-3-4-5-10-6-8-11(9-7-10)12(13)14-2/h3-4,6-9H,5H2,1-2H3. The summed E-state index contributed by atoms with van der Waals surface area (Å²) in [5.41, 5.74) is 1.78. The van der Waals surface area contributed by atoms with Crippen LogP contribution in [0.5, 0.6) is 0 Å². The number of esters is 1. The molecule has 0 amide bonds. The van der Waals surface area contributed by atoms with Gasteiger partial charge < -0.3 is 4.74 Å². The van der Waals surface area contributed by atoms with Crippen LogP contribution in [0.25, 0.3) is 0 Å². The van der Waals surface area contributed by atoms with E-state index in [0.717, 1.165) is 6.42 Å². The minimum atomic E-state index is -0.289. The zero-order valence-electron chi connectivity index (χ0n) is 8.49. The van der Waals surface area contributed by atoms with Crippen molar-refractivity contribution in [2.45, 2.75) is 13.3 Å². The number of hydrogen-bond acceptors (Lipinski definition) is 2. The monoisotopic (exact) mass is 190 g/mol. The van der Waals surface area contributed by atoms with Gasteiger partial charge in [0.05, 0.1) is 12.7 Å². The Kier molecular flexibility index (Phi) is 3.92. The van der Waals surface area contributed by atoms with E-state index in [4.69, 9.17) is 0 Å². The SMILES string of the molecule is CC=CCc1ccc(C(=O)OC)cc1. The fourth-order valence-corrected chi connectivity index (χ4v) is 1.15. The Morgan fingerprint density at radius 3 is 2.50 bits per heavy atom. The number of carbonyl (C=O) groups excluding carboxylic acids is 1. The molecule has 0 N–H and O–H groups in total. The van der Waals surface area contributed by atoms with Crippen molar-refractivity contribution in [1.29, 1.82) is 0 Å². The number of ether oxygens (including phenoxy) is 1. The van der Waals surface area contributed by atoms with Crippen LogP contribution >= 0.6 is 0 Å². The Balaban J connectivity index is 2.73. The molecule has 0 aliphatic heterocycles. The lowest BCUT2D eigenvalue weighted by atomic mass is 10.1. The van der Waals surface area contributed by atoms with Crippen LogP contribution in [0.15, 0.2) is 36.4 Å². The van der Waals surface area contributed by atoms with E-state index in [1.165, 1.54) is 12.7 Å². The molecule has 0 fully saturated rings. The van der Waals surface area contributed by atoms with Gasteiger partial charge in [0.2, 0.25) is 0 Å². The fourth-order valence-electron chi connectivity index (χ4n) is 1.15. The highest BCUT2D eigenvalue weighted by Crippen LogP contribution is 2.06. The van der Waals surface area contributed by atoms with Crippen LogP contribution in [0.4, 0.5) is 0 Å². The molecule has 0 aliphatic carbocycles. The lowest BCUT2D eigenvalue weighted by Crippen LogP contribution is -2.00. The summed E-state index contributed by atoms with van der Waals surface area (Å²) in [6.45, 7) is 1.99. The molecule has 14 heavy (non-hydrogen) atoms. The summed E-state index contributed by atoms with van der Waals surface area (Å²) in [7, 11) is 1.38. The van der Waals surface area contributed by atoms with E-state index in [-0.39, 0.29) is 5.97 Å². The molecule has 0 unspecified atom stereocenters. The first-order valence-corrected chi connectivity index (χ1v) is 4.56. The lowest BCUT2D eigenvalue weighted by Gasteiger charge is -2.00. The van der Waals surface area contributed by atoms with Crippen molar-refractivity contribution >= 4 is 5.97 Å². The first kappa shape index (κ1) is 10.5. The molecule has 0 atom stereocenters. The number of hydrogen-bond donors (Lipinski definition) is 0. The molecule has 0 aromatic heterocycles. The van der Waals surface area contributed by atoms with E-state index in [1.807, 2.05) is 25.1 Å². The maximum Gasteiger partial charge on any atom is 0.337 e. The summed E-state index contributed by atoms with van der Waals surface area (Å²) in [6, 6.07) is 7.44. The van der Waals surface area contributed by atoms with Crippen molar-refractivity contribution in [1.82, 2.24) is 0 Å². The minimum absolute atomic E-state index is 0.289. The van der Waals surface area contributed by atoms with Gasteiger partial charge in [-0.25, -0.2) is 4.79 Å². The van der Waals surface area contributed by atoms with Crippen molar-refractivity contribution in [3.63, 3.8) is 0 Å². The number of carbonyl (C=O) groups is 1. The van der Waals surface area contributed by atoms with Gasteiger partial charge in [-0.3, -0.25) is 0 Å². The molecule has 0 radical (unpaired) electrons. The van der Waals surface area contributed by atoms with Crippen LogP contribution in [0.2, 0.25) is 0 Å². The number of allylic oxidation sites excluding steroid dienone is 2. The molecule has 2 nitrogen and oxygen atoms in total. The van der Waals surface area contributed by atoms with Crippen molar-refractivity contribution in [2.24, 2.45) is 0 Å². The van der Waals surface area contributed by atoms with Crippen LogP contribution in [0.1, 0.15) is 22.8 Å². The highest BCUT2D eigenvalue weighted by molar-refractivity contribution is 5.89. The zero-order chi connectivity index (χ0) is 10.4. The first-order chi connectivity index (χ1) is 6.77. The zero-order valence-corrected chi connectivity index (χ0v) is 8.49. The molecular weight excluding hydrogens is 176 g/mol. The third-order valence-electron chi connectivity index (χ3n) is 1.96. The van der Waals surface area contributed by atoms with Gasteiger partial charge in [-0.15, -0.1) is 0 Å². The molecule has 0 saturated heterocycles. The Labute approximate surface area is 84.2 Å². The van der Waals surface area contributed by atoms with Crippen molar-refractivity contribution in [2.75, 3.05) is 7.11 Å². The fraction of sp³-hybridized carbons (Fsp3) is 0.250. The van der Waals surface area contributed by atoms with E-state index in [1.54, 1.807) is 12.1 Å². The van der Waals surface area contributed by atoms with Crippen LogP contribution in [-0.2, 0) is 11.2 Å². The van der Waals surface area contributed by atoms with E-state index in [9.17, 15) is 4.79 Å². The number of rotatable bonds is 3. The molecule has 1 aromatic carbocycles. The Morgan fingerprint density at radius 2 is 2.00 bits per heavy atom. The smallest absolute Gasteiger partial charge is 0.337 e. The molecule has 0 aliphatic rings. The summed E-state index contributed by atoms with van der Waals surface area (Å²) < 4.78 is 4.60. The van der Waals surface area contributed by atoms with Gasteiger partial charge in [0.25, 0.3) is 0 Å². The molecule has 1 rings (SSSR count). The van der Waals surface area contributed by atoms with Crippen molar-refractivity contribution in [3.8, 4) is 0 Å². The summed E-state index contributed by atoms with van der Waals surface area (Å²) in [5, 5.41) is 0. The van der Waals surface area contributed by atoms with Gasteiger partial charge in [-0.2, -0.15) is 0 Å². The van der Waals surface area contributed by atoms with Gasteiger partial charge in [0, 0.05) is 0 Å². The Hall–Kier alpha value is -1.57. The first-order valence-electron chi connectivity index (χ1n) is 4.56. The predicted molar refractivity (Wildman–Crippen MR) is 56.3 cm³/mol. The van der Waals surface area contributed by atoms with Crippen LogP contribution in [-0.4, -0.2) is 13.1 Å². The van der Waals surface area contributed by atoms with E-state index in [2.05, 4.69) is 10.8 Å². The predicted octanol–water partition coefficient (Wildman–Crippen LogP) is 2.59. The van der Waals surface area contributed by atoms with Crippen LogP contribution in [0.3, 0.4) is 0 Å². The summed E-state index contributed by atoms with van der Waals surface area (Å²) in [4.78, 5) is 11.1. The lowest BCUT2D eigenvalue weighted by molar-refractivity contribution is 0.0601. The second-order valence-electron chi connectivity index (χ2n) is 2.96. The minimum Gasteiger partial charge on any atom is -0.465 e. The largest absolute Gasteiger partial charge is 0.465 e. The van der Waals surface area contributed by atoms with Gasteiger partial charge in [-0.05, 0) is 31.0 Å². The second-order valence-corrected chi connectivity index (χ2v) is 2.96. The number of methoxy groups -OCH3 is 1. The van der Waals surface area contributed by atoms with Crippen LogP contribution < -0.4 is 0 Å². The molecule has 1 aromatic rings. The molecule has 0 spiro atoms. The molecule has 2 heteroatoms. The molecule has 0 saturated carbocycles. The average molecular weight is 190 g/mol. The summed E-state index contributed by atoms with van der Waals surface area (Å²) >= 11 is 0. The topological polar surface area (TPSA) is 26.3 Å². The van der Waals surface area contributed by atoms with E-state index < -0.39 is 0 Å². The van der Waals surface area contributed by atoms with E-state index in [0.29, 0.717) is 5.56 Å². The van der Waals surface area contributed by atoms with Gasteiger partial charge in [0.1, 0.15) is 0 Å². The van der Waals surface area contributed by atoms with Crippen molar-refractivity contribution < 1.29 is 9.53 Å². The highest BCUT2D eigenvalue weighted by Gasteiger charge is 2.03. The Bertz CT molecular complexity index is 323. The summed E-state index contributed by atoms with van der Waals surface area (Å²) in [6.07, 6.45) is 4.99. The normalized spacial score (nSPS) is 10.4. The summed E-state index contributed by atoms with van der Waals surface area (Å²) in [5.74, 6) is -0.289. The molecule has 74 valence electrons. The van der Waals surface area contributed by atoms with Gasteiger partial charge >= 0.3 is 5.97 Å². The van der Waals surface area contributed by atoms with Crippen molar-refractivity contribution in [3.05, 3.63) is 47.5 Å². The maximum atomic E-state index is 11.1. The third-order valence-corrected chi connectivity index (χ3v) is 1.96. The van der Waals surface area contributed by atoms with Crippen LogP contribution in [0, 0.1) is 0 Å². The maximum absolute atomic E-state index is 11.1. The number of benzene rings is 1. The Morgan fingerprint density at radius 1 is 1.36 bits per heavy atom. The average Bonchev–Trinajstić information content (AvgIpc) is 2.26. The van der Waals surface area contributed by atoms with E-state index >= 15 is 0 Å². The molecule has 0 bridgehead atoms.